The minimum absolute atomic E-state index is 0.0460. The summed E-state index contributed by atoms with van der Waals surface area (Å²) in [5.74, 6) is -0.835. The van der Waals surface area contributed by atoms with E-state index < -0.39 is 11.9 Å². The van der Waals surface area contributed by atoms with Crippen molar-refractivity contribution in [3.8, 4) is 5.75 Å². The Morgan fingerprint density at radius 1 is 1.00 bits per heavy atom. The molecule has 0 aliphatic rings. The molecular formula is C18H16Cl2O4. The lowest BCUT2D eigenvalue weighted by atomic mass is 9.91. The zero-order valence-electron chi connectivity index (χ0n) is 13.2. The van der Waals surface area contributed by atoms with Crippen molar-refractivity contribution in [2.45, 2.75) is 12.3 Å². The molecule has 1 atom stereocenters. The number of ketones is 1. The van der Waals surface area contributed by atoms with Gasteiger partial charge >= 0.3 is 5.97 Å². The Morgan fingerprint density at radius 2 is 1.58 bits per heavy atom. The third-order valence-electron chi connectivity index (χ3n) is 3.57. The van der Waals surface area contributed by atoms with Gasteiger partial charge in [-0.1, -0.05) is 23.2 Å². The first kappa shape index (κ1) is 18.3. The maximum absolute atomic E-state index is 12.5. The van der Waals surface area contributed by atoms with Crippen LogP contribution in [0.3, 0.4) is 0 Å². The van der Waals surface area contributed by atoms with Crippen molar-refractivity contribution in [3.05, 3.63) is 63.6 Å². The molecule has 0 aliphatic carbocycles. The van der Waals surface area contributed by atoms with Crippen LogP contribution in [0.5, 0.6) is 5.75 Å². The molecule has 2 aromatic carbocycles. The van der Waals surface area contributed by atoms with E-state index in [-0.39, 0.29) is 12.2 Å². The van der Waals surface area contributed by atoms with E-state index in [0.717, 1.165) is 0 Å². The first-order valence-electron chi connectivity index (χ1n) is 7.15. The number of carbonyl (C=O) groups is 2. The summed E-state index contributed by atoms with van der Waals surface area (Å²) in [6.07, 6.45) is -0.0460. The van der Waals surface area contributed by atoms with E-state index in [9.17, 15) is 9.59 Å². The van der Waals surface area contributed by atoms with Gasteiger partial charge < -0.3 is 9.47 Å². The lowest BCUT2D eigenvalue weighted by Crippen LogP contribution is -2.18. The minimum atomic E-state index is -0.777. The molecule has 0 radical (unpaired) electrons. The van der Waals surface area contributed by atoms with Crippen LogP contribution in [0.15, 0.2) is 42.5 Å². The molecule has 0 bridgehead atoms. The van der Waals surface area contributed by atoms with Crippen molar-refractivity contribution in [3.63, 3.8) is 0 Å². The maximum Gasteiger partial charge on any atom is 0.313 e. The van der Waals surface area contributed by atoms with Crippen LogP contribution in [-0.2, 0) is 9.53 Å². The smallest absolute Gasteiger partial charge is 0.313 e. The highest BCUT2D eigenvalue weighted by molar-refractivity contribution is 6.34. The summed E-state index contributed by atoms with van der Waals surface area (Å²) in [4.78, 5) is 24.6. The van der Waals surface area contributed by atoms with Crippen molar-refractivity contribution in [1.82, 2.24) is 0 Å². The molecule has 4 nitrogen and oxygen atoms in total. The fourth-order valence-corrected chi connectivity index (χ4v) is 2.88. The van der Waals surface area contributed by atoms with Crippen LogP contribution in [0.25, 0.3) is 0 Å². The van der Waals surface area contributed by atoms with Crippen molar-refractivity contribution >= 4 is 35.0 Å². The van der Waals surface area contributed by atoms with Gasteiger partial charge in [-0.05, 0) is 48.0 Å². The summed E-state index contributed by atoms with van der Waals surface area (Å²) < 4.78 is 9.89. The number of carbonyl (C=O) groups excluding carboxylic acids is 2. The number of rotatable bonds is 6. The van der Waals surface area contributed by atoms with E-state index in [1.165, 1.54) is 7.11 Å². The summed E-state index contributed by atoms with van der Waals surface area (Å²) in [7, 11) is 2.83. The van der Waals surface area contributed by atoms with Crippen LogP contribution in [0.4, 0.5) is 0 Å². The third-order valence-corrected chi connectivity index (χ3v) is 4.01. The number of methoxy groups -OCH3 is 2. The van der Waals surface area contributed by atoms with Gasteiger partial charge in [0.05, 0.1) is 20.1 Å². The number of ether oxygens (including phenoxy) is 2. The van der Waals surface area contributed by atoms with Gasteiger partial charge in [0.15, 0.2) is 5.78 Å². The van der Waals surface area contributed by atoms with Crippen molar-refractivity contribution in [2.24, 2.45) is 0 Å². The summed E-state index contributed by atoms with van der Waals surface area (Å²) in [5, 5.41) is 0.784. The molecular weight excluding hydrogens is 351 g/mol. The monoisotopic (exact) mass is 366 g/mol. The average molecular weight is 367 g/mol. The normalized spacial score (nSPS) is 11.7. The molecule has 2 rings (SSSR count). The zero-order chi connectivity index (χ0) is 17.7. The lowest BCUT2D eigenvalue weighted by Gasteiger charge is -2.15. The number of halogens is 2. The van der Waals surface area contributed by atoms with Crippen molar-refractivity contribution in [1.29, 1.82) is 0 Å². The van der Waals surface area contributed by atoms with Crippen LogP contribution < -0.4 is 4.74 Å². The van der Waals surface area contributed by atoms with Gasteiger partial charge in [0.1, 0.15) is 5.75 Å². The number of hydrogen-bond donors (Lipinski definition) is 0. The van der Waals surface area contributed by atoms with Crippen LogP contribution in [-0.4, -0.2) is 26.0 Å². The molecule has 0 fully saturated rings. The molecule has 0 saturated heterocycles. The fourth-order valence-electron chi connectivity index (χ4n) is 2.34. The molecule has 6 heteroatoms. The van der Waals surface area contributed by atoms with E-state index in [4.69, 9.17) is 32.7 Å². The summed E-state index contributed by atoms with van der Waals surface area (Å²) in [5.41, 5.74) is 1.03. The second-order valence-corrected chi connectivity index (χ2v) is 6.01. The Bertz CT molecular complexity index is 721. The van der Waals surface area contributed by atoms with Gasteiger partial charge in [0, 0.05) is 22.0 Å². The van der Waals surface area contributed by atoms with Gasteiger partial charge in [-0.2, -0.15) is 0 Å². The Kier molecular flexibility index (Phi) is 6.23. The Morgan fingerprint density at radius 3 is 2.08 bits per heavy atom. The summed E-state index contributed by atoms with van der Waals surface area (Å²) >= 11 is 12.0. The van der Waals surface area contributed by atoms with Gasteiger partial charge in [-0.3, -0.25) is 9.59 Å². The third kappa shape index (κ3) is 4.49. The molecule has 24 heavy (non-hydrogen) atoms. The molecule has 0 aromatic heterocycles. The van der Waals surface area contributed by atoms with Crippen LogP contribution in [0.1, 0.15) is 28.3 Å². The summed E-state index contributed by atoms with van der Waals surface area (Å²) in [6, 6.07) is 11.5. The molecule has 0 saturated carbocycles. The highest BCUT2D eigenvalue weighted by Crippen LogP contribution is 2.29. The fraction of sp³-hybridized carbons (Fsp3) is 0.222. The second-order valence-electron chi connectivity index (χ2n) is 5.13. The second kappa shape index (κ2) is 8.18. The largest absolute Gasteiger partial charge is 0.497 e. The molecule has 0 N–H and O–H groups in total. The number of hydrogen-bond acceptors (Lipinski definition) is 4. The van der Waals surface area contributed by atoms with Crippen LogP contribution in [0.2, 0.25) is 10.0 Å². The van der Waals surface area contributed by atoms with Crippen LogP contribution in [0, 0.1) is 0 Å². The Balaban J connectivity index is 2.28. The van der Waals surface area contributed by atoms with Gasteiger partial charge in [0.2, 0.25) is 0 Å². The van der Waals surface area contributed by atoms with E-state index in [2.05, 4.69) is 0 Å². The lowest BCUT2D eigenvalue weighted by molar-refractivity contribution is -0.142. The minimum Gasteiger partial charge on any atom is -0.497 e. The van der Waals surface area contributed by atoms with Crippen molar-refractivity contribution in [2.75, 3.05) is 14.2 Å². The maximum atomic E-state index is 12.5. The average Bonchev–Trinajstić information content (AvgIpc) is 2.58. The highest BCUT2D eigenvalue weighted by atomic mass is 35.5. The predicted molar refractivity (Wildman–Crippen MR) is 93.2 cm³/mol. The number of benzene rings is 2. The number of Topliss-reactive ketones (excluding diaryl/α,β-unsaturated/α-hetero) is 1. The highest BCUT2D eigenvalue weighted by Gasteiger charge is 2.26. The Labute approximate surface area is 150 Å². The molecule has 0 heterocycles. The molecule has 0 aliphatic heterocycles. The van der Waals surface area contributed by atoms with Gasteiger partial charge in [-0.15, -0.1) is 0 Å². The standard InChI is InChI=1S/C18H16Cl2O4/c1-23-15-5-3-11(4-6-15)17(21)10-16(18(22)24-2)12-7-13(19)9-14(20)8-12/h3-9,16H,10H2,1-2H3. The van der Waals surface area contributed by atoms with E-state index in [1.54, 1.807) is 49.6 Å². The number of esters is 1. The van der Waals surface area contributed by atoms with E-state index in [1.807, 2.05) is 0 Å². The van der Waals surface area contributed by atoms with Gasteiger partial charge in [-0.25, -0.2) is 0 Å². The van der Waals surface area contributed by atoms with Crippen molar-refractivity contribution < 1.29 is 19.1 Å². The molecule has 126 valence electrons. The first-order valence-corrected chi connectivity index (χ1v) is 7.91. The van der Waals surface area contributed by atoms with E-state index in [0.29, 0.717) is 26.9 Å². The zero-order valence-corrected chi connectivity index (χ0v) is 14.7. The predicted octanol–water partition coefficient (Wildman–Crippen LogP) is 4.53. The first-order chi connectivity index (χ1) is 11.4. The molecule has 2 aromatic rings. The van der Waals surface area contributed by atoms with E-state index >= 15 is 0 Å². The quantitative estimate of drug-likeness (QED) is 0.556. The van der Waals surface area contributed by atoms with Crippen LogP contribution >= 0.6 is 23.2 Å². The molecule has 0 amide bonds. The topological polar surface area (TPSA) is 52.6 Å². The Hall–Kier alpha value is -2.04. The summed E-state index contributed by atoms with van der Waals surface area (Å²) in [6.45, 7) is 0. The van der Waals surface area contributed by atoms with Gasteiger partial charge in [0.25, 0.3) is 0 Å². The molecule has 0 spiro atoms. The molecule has 1 unspecified atom stereocenters. The SMILES string of the molecule is COC(=O)C(CC(=O)c1ccc(OC)cc1)c1cc(Cl)cc(Cl)c1.